The molecular weight excluding hydrogens is 381 g/mol. The summed E-state index contributed by atoms with van der Waals surface area (Å²) < 4.78 is 23.4. The Hall–Kier alpha value is -2.49. The van der Waals surface area contributed by atoms with Crippen molar-refractivity contribution in [1.29, 1.82) is 0 Å². The van der Waals surface area contributed by atoms with E-state index in [2.05, 4.69) is 10.2 Å². The number of aliphatic carboxylic acids is 1. The van der Waals surface area contributed by atoms with E-state index < -0.39 is 42.7 Å². The van der Waals surface area contributed by atoms with Crippen LogP contribution < -0.4 is 14.7 Å². The summed E-state index contributed by atoms with van der Waals surface area (Å²) in [4.78, 5) is 33.1. The van der Waals surface area contributed by atoms with Crippen molar-refractivity contribution in [3.63, 3.8) is 0 Å². The van der Waals surface area contributed by atoms with Crippen LogP contribution in [0.5, 0.6) is 5.75 Å². The van der Waals surface area contributed by atoms with Gasteiger partial charge in [0.2, 0.25) is 0 Å². The van der Waals surface area contributed by atoms with Gasteiger partial charge < -0.3 is 14.4 Å². The third-order valence-corrected chi connectivity index (χ3v) is 5.01. The second-order valence-corrected chi connectivity index (χ2v) is 7.72. The molecule has 1 aromatic carbocycles. The lowest BCUT2D eigenvalue weighted by Gasteiger charge is -2.25. The van der Waals surface area contributed by atoms with Gasteiger partial charge in [0.05, 0.1) is 11.0 Å². The number of hydrogen-bond acceptors (Lipinski definition) is 7. The molecular formula is C15H22N3O8P. The summed E-state index contributed by atoms with van der Waals surface area (Å²) in [7, 11) is -4.10. The lowest BCUT2D eigenvalue weighted by atomic mass is 10.3. The van der Waals surface area contributed by atoms with E-state index in [0.29, 0.717) is 0 Å². The lowest BCUT2D eigenvalue weighted by molar-refractivity contribution is -0.384. The first-order valence-electron chi connectivity index (χ1n) is 7.96. The predicted octanol–water partition coefficient (Wildman–Crippen LogP) is 2.07. The van der Waals surface area contributed by atoms with Crippen LogP contribution in [0.15, 0.2) is 24.3 Å². The van der Waals surface area contributed by atoms with Crippen LogP contribution in [0.1, 0.15) is 27.7 Å². The molecule has 1 rings (SSSR count). The van der Waals surface area contributed by atoms with Crippen LogP contribution in [-0.2, 0) is 18.9 Å². The van der Waals surface area contributed by atoms with Crippen LogP contribution in [-0.4, -0.2) is 40.2 Å². The van der Waals surface area contributed by atoms with E-state index in [0.717, 1.165) is 12.1 Å². The van der Waals surface area contributed by atoms with Gasteiger partial charge in [-0.25, -0.2) is 14.7 Å². The molecule has 1 aromatic rings. The van der Waals surface area contributed by atoms with Gasteiger partial charge in [0.1, 0.15) is 17.8 Å². The van der Waals surface area contributed by atoms with Crippen LogP contribution in [0.25, 0.3) is 0 Å². The molecule has 3 N–H and O–H groups in total. The normalized spacial score (nSPS) is 15.4. The average molecular weight is 403 g/mol. The van der Waals surface area contributed by atoms with Gasteiger partial charge in [-0.1, -0.05) is 0 Å². The van der Waals surface area contributed by atoms with E-state index in [1.807, 2.05) is 0 Å². The van der Waals surface area contributed by atoms with Gasteiger partial charge in [-0.15, -0.1) is 0 Å². The first kappa shape index (κ1) is 22.6. The number of esters is 1. The highest BCUT2D eigenvalue weighted by molar-refractivity contribution is 7.55. The van der Waals surface area contributed by atoms with Gasteiger partial charge in [-0.3, -0.25) is 19.7 Å². The van der Waals surface area contributed by atoms with Crippen molar-refractivity contribution in [2.45, 2.75) is 45.9 Å². The Kier molecular flexibility index (Phi) is 7.89. The average Bonchev–Trinajstić information content (AvgIpc) is 2.54. The number of nitro benzene ring substituents is 1. The third kappa shape index (κ3) is 7.33. The molecule has 2 unspecified atom stereocenters. The molecule has 0 amide bonds. The molecule has 0 radical (unpaired) electrons. The first-order chi connectivity index (χ1) is 12.4. The number of carbonyl (C=O) groups is 2. The van der Waals surface area contributed by atoms with Crippen molar-refractivity contribution in [2.24, 2.45) is 0 Å². The molecule has 11 nitrogen and oxygen atoms in total. The number of nitro groups is 1. The van der Waals surface area contributed by atoms with Crippen molar-refractivity contribution in [2.75, 3.05) is 0 Å². The van der Waals surface area contributed by atoms with Gasteiger partial charge >= 0.3 is 19.6 Å². The van der Waals surface area contributed by atoms with Crippen LogP contribution in [0.2, 0.25) is 0 Å². The Morgan fingerprint density at radius 3 is 2.07 bits per heavy atom. The Balaban J connectivity index is 3.03. The minimum atomic E-state index is -4.10. The highest BCUT2D eigenvalue weighted by Gasteiger charge is 2.34. The second kappa shape index (κ2) is 9.45. The lowest BCUT2D eigenvalue weighted by Crippen LogP contribution is -2.43. The Morgan fingerprint density at radius 2 is 1.63 bits per heavy atom. The SMILES string of the molecule is CC(C)OC(=O)[C@H](C)NP(=O)(NC(C)C(=O)O)Oc1ccc([N+](=O)[O-])cc1. The zero-order valence-electron chi connectivity index (χ0n) is 15.2. The molecule has 0 aromatic heterocycles. The van der Waals surface area contributed by atoms with Crippen LogP contribution >= 0.6 is 7.67 Å². The number of ether oxygens (including phenoxy) is 1. The van der Waals surface area contributed by atoms with E-state index in [1.165, 1.54) is 26.0 Å². The summed E-state index contributed by atoms with van der Waals surface area (Å²) in [5, 5.41) is 24.5. The van der Waals surface area contributed by atoms with Crippen LogP contribution in [0.4, 0.5) is 5.69 Å². The maximum Gasteiger partial charge on any atom is 0.391 e. The molecule has 0 saturated heterocycles. The molecule has 150 valence electrons. The quantitative estimate of drug-likeness (QED) is 0.229. The molecule has 0 bridgehead atoms. The fourth-order valence-corrected chi connectivity index (χ4v) is 3.65. The van der Waals surface area contributed by atoms with Gasteiger partial charge in [0, 0.05) is 12.1 Å². The number of benzene rings is 1. The number of carbonyl (C=O) groups excluding carboxylic acids is 1. The number of hydrogen-bond donors (Lipinski definition) is 3. The topological polar surface area (TPSA) is 157 Å². The van der Waals surface area contributed by atoms with Crippen LogP contribution in [0.3, 0.4) is 0 Å². The fourth-order valence-electron chi connectivity index (χ4n) is 1.82. The van der Waals surface area contributed by atoms with Crippen molar-refractivity contribution in [3.05, 3.63) is 34.4 Å². The molecule has 0 spiro atoms. The molecule has 0 aliphatic rings. The smallest absolute Gasteiger partial charge is 0.391 e. The van der Waals surface area contributed by atoms with Gasteiger partial charge in [0.15, 0.2) is 0 Å². The Labute approximate surface area is 155 Å². The predicted molar refractivity (Wildman–Crippen MR) is 95.4 cm³/mol. The summed E-state index contributed by atoms with van der Waals surface area (Å²) in [6.07, 6.45) is -0.400. The number of nitrogens with one attached hydrogen (secondary N) is 2. The van der Waals surface area contributed by atoms with Crippen molar-refractivity contribution >= 4 is 25.3 Å². The molecule has 12 heteroatoms. The number of carboxylic acid groups (broad SMARTS) is 1. The van der Waals surface area contributed by atoms with E-state index >= 15 is 0 Å². The van der Waals surface area contributed by atoms with Gasteiger partial charge in [0.25, 0.3) is 5.69 Å². The van der Waals surface area contributed by atoms with Crippen LogP contribution in [0, 0.1) is 10.1 Å². The molecule has 0 saturated carbocycles. The Morgan fingerprint density at radius 1 is 1.11 bits per heavy atom. The van der Waals surface area contributed by atoms with Crippen molar-refractivity contribution in [3.8, 4) is 5.75 Å². The zero-order valence-corrected chi connectivity index (χ0v) is 16.1. The summed E-state index contributed by atoms with van der Waals surface area (Å²) >= 11 is 0. The standard InChI is InChI=1S/C15H22N3O8P/c1-9(2)25-15(21)11(4)17-27(24,16-10(3)14(19)20)26-13-7-5-12(6-8-13)18(22)23/h5-11H,1-4H3,(H,19,20)(H2,16,17,24)/t10?,11-,27?/m0/s1. The number of rotatable bonds is 10. The first-order valence-corrected chi connectivity index (χ1v) is 9.59. The number of non-ortho nitro benzene ring substituents is 1. The largest absolute Gasteiger partial charge is 0.480 e. The minimum absolute atomic E-state index is 0.0223. The number of nitrogens with zero attached hydrogens (tertiary/aromatic N) is 1. The highest BCUT2D eigenvalue weighted by Crippen LogP contribution is 2.40. The third-order valence-electron chi connectivity index (χ3n) is 3.08. The second-order valence-electron chi connectivity index (χ2n) is 5.92. The molecule has 0 aliphatic carbocycles. The Bertz CT molecular complexity index is 737. The van der Waals surface area contributed by atoms with E-state index in [4.69, 9.17) is 14.4 Å². The summed E-state index contributed by atoms with van der Waals surface area (Å²) in [6, 6.07) is 2.33. The summed E-state index contributed by atoms with van der Waals surface area (Å²) in [5.41, 5.74) is -0.203. The molecule has 0 aliphatic heterocycles. The molecule has 0 fully saturated rings. The molecule has 0 heterocycles. The summed E-state index contributed by atoms with van der Waals surface area (Å²) in [6.45, 7) is 5.90. The maximum atomic E-state index is 13.1. The van der Waals surface area contributed by atoms with Crippen molar-refractivity contribution < 1.29 is 33.4 Å². The van der Waals surface area contributed by atoms with Gasteiger partial charge in [-0.05, 0) is 39.8 Å². The monoisotopic (exact) mass is 403 g/mol. The van der Waals surface area contributed by atoms with Crippen molar-refractivity contribution in [1.82, 2.24) is 10.2 Å². The van der Waals surface area contributed by atoms with E-state index in [1.54, 1.807) is 13.8 Å². The zero-order chi connectivity index (χ0) is 20.8. The fraction of sp³-hybridized carbons (Fsp3) is 0.467. The highest BCUT2D eigenvalue weighted by atomic mass is 31.2. The van der Waals surface area contributed by atoms with Gasteiger partial charge in [-0.2, -0.15) is 0 Å². The van der Waals surface area contributed by atoms with E-state index in [-0.39, 0.29) is 11.4 Å². The molecule has 3 atom stereocenters. The number of carboxylic acids is 1. The molecule has 27 heavy (non-hydrogen) atoms. The minimum Gasteiger partial charge on any atom is -0.480 e. The maximum absolute atomic E-state index is 13.1. The van der Waals surface area contributed by atoms with E-state index in [9.17, 15) is 24.3 Å². The summed E-state index contributed by atoms with van der Waals surface area (Å²) in [5.74, 6) is -2.02.